The summed E-state index contributed by atoms with van der Waals surface area (Å²) in [6.45, 7) is 11.0. The van der Waals surface area contributed by atoms with Crippen molar-refractivity contribution in [2.45, 2.75) is 27.7 Å². The van der Waals surface area contributed by atoms with Crippen LogP contribution in [-0.2, 0) is 4.74 Å². The van der Waals surface area contributed by atoms with Gasteiger partial charge in [0.05, 0.1) is 6.61 Å². The van der Waals surface area contributed by atoms with Gasteiger partial charge in [-0.25, -0.2) is 0 Å². The van der Waals surface area contributed by atoms with Gasteiger partial charge in [-0.3, -0.25) is 0 Å². The molecule has 0 heterocycles. The van der Waals surface area contributed by atoms with Crippen LogP contribution in [0, 0.1) is 19.8 Å². The maximum absolute atomic E-state index is 5.51. The Labute approximate surface area is 99.0 Å². The highest BCUT2D eigenvalue weighted by Gasteiger charge is 1.96. The molecule has 0 spiro atoms. The van der Waals surface area contributed by atoms with E-state index < -0.39 is 0 Å². The maximum atomic E-state index is 5.51. The molecule has 0 unspecified atom stereocenters. The summed E-state index contributed by atoms with van der Waals surface area (Å²) in [5.41, 5.74) is 3.78. The van der Waals surface area contributed by atoms with Crippen molar-refractivity contribution < 1.29 is 4.74 Å². The highest BCUT2D eigenvalue weighted by Crippen LogP contribution is 2.13. The quantitative estimate of drug-likeness (QED) is 0.743. The minimum atomic E-state index is 0.612. The average Bonchev–Trinajstić information content (AvgIpc) is 2.15. The Balaban J connectivity index is 2.26. The van der Waals surface area contributed by atoms with E-state index in [0.717, 1.165) is 19.8 Å². The lowest BCUT2D eigenvalue weighted by Crippen LogP contribution is -2.12. The van der Waals surface area contributed by atoms with Crippen molar-refractivity contribution in [2.24, 2.45) is 5.92 Å². The van der Waals surface area contributed by atoms with Gasteiger partial charge < -0.3 is 10.1 Å². The molecule has 0 amide bonds. The molecule has 1 aromatic rings. The summed E-state index contributed by atoms with van der Waals surface area (Å²) in [4.78, 5) is 0. The lowest BCUT2D eigenvalue weighted by atomic mass is 10.1. The van der Waals surface area contributed by atoms with E-state index >= 15 is 0 Å². The molecule has 0 fully saturated rings. The van der Waals surface area contributed by atoms with E-state index in [2.05, 4.69) is 51.2 Å². The van der Waals surface area contributed by atoms with Crippen LogP contribution in [0.3, 0.4) is 0 Å². The monoisotopic (exact) mass is 221 g/mol. The predicted molar refractivity (Wildman–Crippen MR) is 70.1 cm³/mol. The molecule has 1 N–H and O–H groups in total. The summed E-state index contributed by atoms with van der Waals surface area (Å²) < 4.78 is 5.51. The van der Waals surface area contributed by atoms with Gasteiger partial charge in [-0.1, -0.05) is 19.9 Å². The largest absolute Gasteiger partial charge is 0.383 e. The molecule has 90 valence electrons. The Morgan fingerprint density at radius 3 is 2.31 bits per heavy atom. The maximum Gasteiger partial charge on any atom is 0.0639 e. The Bertz CT molecular complexity index is 300. The average molecular weight is 221 g/mol. The summed E-state index contributed by atoms with van der Waals surface area (Å²) in [5.74, 6) is 0.612. The molecule has 0 aliphatic carbocycles. The second kappa shape index (κ2) is 6.54. The SMILES string of the molecule is Cc1cc(C)cc(NCCOCC(C)C)c1. The minimum Gasteiger partial charge on any atom is -0.383 e. The number of rotatable bonds is 6. The highest BCUT2D eigenvalue weighted by atomic mass is 16.5. The lowest BCUT2D eigenvalue weighted by molar-refractivity contribution is 0.118. The second-order valence-corrected chi connectivity index (χ2v) is 4.77. The Kier molecular flexibility index (Phi) is 5.33. The minimum absolute atomic E-state index is 0.612. The number of benzene rings is 1. The summed E-state index contributed by atoms with van der Waals surface area (Å²) in [6, 6.07) is 6.51. The number of nitrogens with one attached hydrogen (secondary N) is 1. The molecule has 1 rings (SSSR count). The van der Waals surface area contributed by atoms with Crippen LogP contribution in [0.15, 0.2) is 18.2 Å². The topological polar surface area (TPSA) is 21.3 Å². The fourth-order valence-electron chi connectivity index (χ4n) is 1.66. The molecular formula is C14H23NO. The predicted octanol–water partition coefficient (Wildman–Crippen LogP) is 3.39. The number of ether oxygens (including phenoxy) is 1. The van der Waals surface area contributed by atoms with Gasteiger partial charge in [-0.05, 0) is 43.0 Å². The van der Waals surface area contributed by atoms with E-state index in [1.807, 2.05) is 0 Å². The number of hydrogen-bond donors (Lipinski definition) is 1. The smallest absolute Gasteiger partial charge is 0.0639 e. The first-order chi connectivity index (χ1) is 7.58. The third-order valence-electron chi connectivity index (χ3n) is 2.25. The van der Waals surface area contributed by atoms with Crippen molar-refractivity contribution in [3.8, 4) is 0 Å². The summed E-state index contributed by atoms with van der Waals surface area (Å²) in [6.07, 6.45) is 0. The van der Waals surface area contributed by atoms with Crippen LogP contribution in [0.5, 0.6) is 0 Å². The van der Waals surface area contributed by atoms with Crippen LogP contribution < -0.4 is 5.32 Å². The van der Waals surface area contributed by atoms with Crippen LogP contribution in [0.2, 0.25) is 0 Å². The lowest BCUT2D eigenvalue weighted by Gasteiger charge is -2.10. The molecule has 0 saturated carbocycles. The van der Waals surface area contributed by atoms with Crippen molar-refractivity contribution in [3.05, 3.63) is 29.3 Å². The molecule has 1 aromatic carbocycles. The van der Waals surface area contributed by atoms with Crippen LogP contribution >= 0.6 is 0 Å². The van der Waals surface area contributed by atoms with Gasteiger partial charge in [0, 0.05) is 18.8 Å². The van der Waals surface area contributed by atoms with Crippen molar-refractivity contribution in [1.29, 1.82) is 0 Å². The van der Waals surface area contributed by atoms with Gasteiger partial charge in [-0.15, -0.1) is 0 Å². The van der Waals surface area contributed by atoms with Gasteiger partial charge >= 0.3 is 0 Å². The molecule has 2 heteroatoms. The molecule has 0 atom stereocenters. The summed E-state index contributed by atoms with van der Waals surface area (Å²) >= 11 is 0. The molecule has 0 saturated heterocycles. The zero-order valence-corrected chi connectivity index (χ0v) is 10.8. The first kappa shape index (κ1) is 13.0. The van der Waals surface area contributed by atoms with E-state index in [-0.39, 0.29) is 0 Å². The molecular weight excluding hydrogens is 198 g/mol. The van der Waals surface area contributed by atoms with E-state index in [0.29, 0.717) is 5.92 Å². The second-order valence-electron chi connectivity index (χ2n) is 4.77. The van der Waals surface area contributed by atoms with Gasteiger partial charge in [0.2, 0.25) is 0 Å². The van der Waals surface area contributed by atoms with E-state index in [4.69, 9.17) is 4.74 Å². The van der Waals surface area contributed by atoms with Crippen LogP contribution in [-0.4, -0.2) is 19.8 Å². The third-order valence-corrected chi connectivity index (χ3v) is 2.25. The summed E-state index contributed by atoms with van der Waals surface area (Å²) in [5, 5.41) is 3.38. The fourth-order valence-corrected chi connectivity index (χ4v) is 1.66. The van der Waals surface area contributed by atoms with Crippen LogP contribution in [0.25, 0.3) is 0 Å². The van der Waals surface area contributed by atoms with Gasteiger partial charge in [0.25, 0.3) is 0 Å². The summed E-state index contributed by atoms with van der Waals surface area (Å²) in [7, 11) is 0. The molecule has 0 bridgehead atoms. The third kappa shape index (κ3) is 5.17. The van der Waals surface area contributed by atoms with Crippen molar-refractivity contribution in [3.63, 3.8) is 0 Å². The number of anilines is 1. The fraction of sp³-hybridized carbons (Fsp3) is 0.571. The van der Waals surface area contributed by atoms with Gasteiger partial charge in [0.15, 0.2) is 0 Å². The first-order valence-electron chi connectivity index (χ1n) is 5.98. The van der Waals surface area contributed by atoms with Crippen LogP contribution in [0.1, 0.15) is 25.0 Å². The molecule has 2 nitrogen and oxygen atoms in total. The van der Waals surface area contributed by atoms with Crippen LogP contribution in [0.4, 0.5) is 5.69 Å². The van der Waals surface area contributed by atoms with Crippen molar-refractivity contribution in [1.82, 2.24) is 0 Å². The zero-order valence-electron chi connectivity index (χ0n) is 10.8. The number of aryl methyl sites for hydroxylation is 2. The van der Waals surface area contributed by atoms with E-state index in [1.54, 1.807) is 0 Å². The Morgan fingerprint density at radius 2 is 1.75 bits per heavy atom. The van der Waals surface area contributed by atoms with Crippen molar-refractivity contribution in [2.75, 3.05) is 25.1 Å². The Morgan fingerprint density at radius 1 is 1.12 bits per heavy atom. The molecule has 0 aliphatic heterocycles. The van der Waals surface area contributed by atoms with Crippen molar-refractivity contribution >= 4 is 5.69 Å². The van der Waals surface area contributed by atoms with Gasteiger partial charge in [0.1, 0.15) is 0 Å². The van der Waals surface area contributed by atoms with Gasteiger partial charge in [-0.2, -0.15) is 0 Å². The molecule has 0 aliphatic rings. The highest BCUT2D eigenvalue weighted by molar-refractivity contribution is 5.48. The number of hydrogen-bond acceptors (Lipinski definition) is 2. The van der Waals surface area contributed by atoms with E-state index in [1.165, 1.54) is 16.8 Å². The molecule has 0 radical (unpaired) electrons. The zero-order chi connectivity index (χ0) is 12.0. The Hall–Kier alpha value is -1.02. The standard InChI is InChI=1S/C14H23NO/c1-11(2)10-16-6-5-15-14-8-12(3)7-13(4)9-14/h7-9,11,15H,5-6,10H2,1-4H3. The first-order valence-corrected chi connectivity index (χ1v) is 5.98. The molecule has 0 aromatic heterocycles. The molecule has 16 heavy (non-hydrogen) atoms. The normalized spacial score (nSPS) is 10.8. The van der Waals surface area contributed by atoms with E-state index in [9.17, 15) is 0 Å².